The molecule has 1 spiro atoms. The zero-order valence-corrected chi connectivity index (χ0v) is 19.4. The van der Waals surface area contributed by atoms with E-state index >= 15 is 0 Å². The molecule has 3 aromatic rings. The molecule has 0 bridgehead atoms. The Morgan fingerprint density at radius 2 is 1.94 bits per heavy atom. The summed E-state index contributed by atoms with van der Waals surface area (Å²) < 4.78 is 16.1. The molecule has 2 N–H and O–H groups in total. The van der Waals surface area contributed by atoms with Crippen LogP contribution in [0.25, 0.3) is 16.9 Å². The van der Waals surface area contributed by atoms with Gasteiger partial charge in [0.05, 0.1) is 23.1 Å². The fourth-order valence-corrected chi connectivity index (χ4v) is 5.43. The van der Waals surface area contributed by atoms with Crippen LogP contribution >= 0.6 is 0 Å². The van der Waals surface area contributed by atoms with Crippen molar-refractivity contribution in [3.8, 4) is 16.9 Å². The van der Waals surface area contributed by atoms with Crippen LogP contribution in [0.2, 0.25) is 0 Å². The molecular weight excluding hydrogens is 433 g/mol. The second kappa shape index (κ2) is 7.87. The number of carbonyl (C=O) groups excluding carboxylic acids is 1. The van der Waals surface area contributed by atoms with Crippen molar-refractivity contribution < 1.29 is 9.18 Å². The van der Waals surface area contributed by atoms with Crippen LogP contribution in [-0.2, 0) is 0 Å². The van der Waals surface area contributed by atoms with Gasteiger partial charge in [0.25, 0.3) is 5.91 Å². The lowest BCUT2D eigenvalue weighted by atomic mass is 9.61. The summed E-state index contributed by atoms with van der Waals surface area (Å²) >= 11 is 0. The molecular formula is C25H28FN7O. The van der Waals surface area contributed by atoms with E-state index in [0.29, 0.717) is 28.4 Å². The maximum atomic E-state index is 14.5. The van der Waals surface area contributed by atoms with Gasteiger partial charge in [-0.2, -0.15) is 0 Å². The Morgan fingerprint density at radius 3 is 2.68 bits per heavy atom. The van der Waals surface area contributed by atoms with Crippen molar-refractivity contribution in [3.05, 3.63) is 53.7 Å². The van der Waals surface area contributed by atoms with E-state index in [1.807, 2.05) is 12.3 Å². The second-order valence-corrected chi connectivity index (χ2v) is 10.3. The highest BCUT2D eigenvalue weighted by atomic mass is 19.1. The SMILES string of the molecule is Cc1cc(F)c(C(=O)NC2CC2)cc1-n1cc(-c2cncc(NC3CC4(C3)CN(C)C4)c2)nn1. The monoisotopic (exact) mass is 461 g/mol. The first-order valence-corrected chi connectivity index (χ1v) is 11.8. The van der Waals surface area contributed by atoms with Gasteiger partial charge in [0, 0.05) is 43.1 Å². The molecule has 0 unspecified atom stereocenters. The van der Waals surface area contributed by atoms with Crippen LogP contribution in [0.1, 0.15) is 41.6 Å². The molecule has 8 nitrogen and oxygen atoms in total. The second-order valence-electron chi connectivity index (χ2n) is 10.3. The fourth-order valence-electron chi connectivity index (χ4n) is 5.43. The van der Waals surface area contributed by atoms with Gasteiger partial charge in [0.2, 0.25) is 0 Å². The van der Waals surface area contributed by atoms with Crippen molar-refractivity contribution >= 4 is 11.6 Å². The number of anilines is 1. The normalized spacial score (nSPS) is 19.5. The van der Waals surface area contributed by atoms with Crippen LogP contribution in [0, 0.1) is 18.2 Å². The molecule has 1 aliphatic heterocycles. The van der Waals surface area contributed by atoms with Gasteiger partial charge in [-0.1, -0.05) is 5.21 Å². The van der Waals surface area contributed by atoms with Crippen molar-refractivity contribution in [2.45, 2.75) is 44.7 Å². The Labute approximate surface area is 197 Å². The highest BCUT2D eigenvalue weighted by Crippen LogP contribution is 2.48. The Morgan fingerprint density at radius 1 is 1.15 bits per heavy atom. The minimum absolute atomic E-state index is 0.0216. The topological polar surface area (TPSA) is 88.0 Å². The number of pyridine rings is 1. The van der Waals surface area contributed by atoms with Crippen molar-refractivity contribution in [2.75, 3.05) is 25.5 Å². The predicted octanol–water partition coefficient (Wildman–Crippen LogP) is 3.18. The van der Waals surface area contributed by atoms with E-state index in [9.17, 15) is 9.18 Å². The minimum atomic E-state index is -0.533. The quantitative estimate of drug-likeness (QED) is 0.586. The van der Waals surface area contributed by atoms with Gasteiger partial charge in [0.15, 0.2) is 0 Å². The number of carbonyl (C=O) groups is 1. The molecule has 176 valence electrons. The van der Waals surface area contributed by atoms with E-state index in [1.54, 1.807) is 30.1 Å². The highest BCUT2D eigenvalue weighted by molar-refractivity contribution is 5.95. The van der Waals surface area contributed by atoms with E-state index in [0.717, 1.165) is 24.1 Å². The molecule has 1 aromatic carbocycles. The summed E-state index contributed by atoms with van der Waals surface area (Å²) in [6.07, 6.45) is 9.65. The summed E-state index contributed by atoms with van der Waals surface area (Å²) in [6.45, 7) is 4.18. The predicted molar refractivity (Wildman–Crippen MR) is 126 cm³/mol. The van der Waals surface area contributed by atoms with Gasteiger partial charge < -0.3 is 15.5 Å². The Hall–Kier alpha value is -3.33. The van der Waals surface area contributed by atoms with E-state index < -0.39 is 11.7 Å². The number of hydrogen-bond acceptors (Lipinski definition) is 6. The van der Waals surface area contributed by atoms with Crippen LogP contribution in [0.5, 0.6) is 0 Å². The van der Waals surface area contributed by atoms with Crippen molar-refractivity contribution in [2.24, 2.45) is 5.41 Å². The number of nitrogens with one attached hydrogen (secondary N) is 2. The first-order valence-electron chi connectivity index (χ1n) is 11.8. The number of aryl methyl sites for hydroxylation is 1. The zero-order valence-electron chi connectivity index (χ0n) is 19.4. The number of halogens is 1. The van der Waals surface area contributed by atoms with E-state index in [4.69, 9.17) is 0 Å². The number of benzene rings is 1. The summed E-state index contributed by atoms with van der Waals surface area (Å²) in [6, 6.07) is 5.58. The lowest BCUT2D eigenvalue weighted by Gasteiger charge is -2.58. The minimum Gasteiger partial charge on any atom is -0.381 e. The first kappa shape index (κ1) is 21.2. The molecule has 0 atom stereocenters. The van der Waals surface area contributed by atoms with Crippen LogP contribution in [0.3, 0.4) is 0 Å². The maximum absolute atomic E-state index is 14.5. The number of hydrogen-bond donors (Lipinski definition) is 2. The molecule has 3 aliphatic rings. The number of aromatic nitrogens is 4. The third-order valence-corrected chi connectivity index (χ3v) is 7.16. The molecule has 2 aromatic heterocycles. The Kier molecular flexibility index (Phi) is 4.91. The molecule has 34 heavy (non-hydrogen) atoms. The van der Waals surface area contributed by atoms with Gasteiger partial charge in [-0.05, 0) is 68.8 Å². The molecule has 2 saturated carbocycles. The highest BCUT2D eigenvalue weighted by Gasteiger charge is 2.50. The van der Waals surface area contributed by atoms with E-state index in [1.165, 1.54) is 32.0 Å². The van der Waals surface area contributed by atoms with Crippen molar-refractivity contribution in [3.63, 3.8) is 0 Å². The lowest BCUT2D eigenvalue weighted by molar-refractivity contribution is -0.0513. The van der Waals surface area contributed by atoms with Crippen LogP contribution < -0.4 is 10.6 Å². The number of amides is 1. The number of nitrogens with zero attached hydrogens (tertiary/aromatic N) is 5. The van der Waals surface area contributed by atoms with Gasteiger partial charge in [-0.25, -0.2) is 9.07 Å². The molecule has 3 heterocycles. The molecule has 9 heteroatoms. The van der Waals surface area contributed by atoms with Crippen LogP contribution in [-0.4, -0.2) is 63.0 Å². The Balaban J connectivity index is 1.19. The molecule has 6 rings (SSSR count). The molecule has 0 radical (unpaired) electrons. The van der Waals surface area contributed by atoms with Gasteiger partial charge >= 0.3 is 0 Å². The summed E-state index contributed by atoms with van der Waals surface area (Å²) in [5, 5.41) is 15.0. The van der Waals surface area contributed by atoms with Crippen molar-refractivity contribution in [1.29, 1.82) is 0 Å². The fraction of sp³-hybridized carbons (Fsp3) is 0.440. The summed E-state index contributed by atoms with van der Waals surface area (Å²) in [7, 11) is 2.17. The maximum Gasteiger partial charge on any atom is 0.254 e. The summed E-state index contributed by atoms with van der Waals surface area (Å²) in [4.78, 5) is 19.2. The Bertz CT molecular complexity index is 1250. The zero-order chi connectivity index (χ0) is 23.4. The summed E-state index contributed by atoms with van der Waals surface area (Å²) in [5.41, 5.74) is 4.31. The standard InChI is InChI=1S/C25H28FN7O/c1-15-5-21(26)20(24(34)29-17-3-4-17)7-23(15)33-12-22(30-31-33)16-6-18(11-27-10-16)28-19-8-25(9-19)13-32(2)14-25/h5-7,10-12,17,19,28H,3-4,8-9,13-14H2,1-2H3,(H,29,34). The molecule has 1 amide bonds. The van der Waals surface area contributed by atoms with E-state index in [2.05, 4.69) is 37.9 Å². The third-order valence-electron chi connectivity index (χ3n) is 7.16. The van der Waals surface area contributed by atoms with E-state index in [-0.39, 0.29) is 11.6 Å². The smallest absolute Gasteiger partial charge is 0.254 e. The average Bonchev–Trinajstić information content (AvgIpc) is 3.43. The van der Waals surface area contributed by atoms with Gasteiger partial charge in [-0.15, -0.1) is 5.10 Å². The first-order chi connectivity index (χ1) is 16.4. The average molecular weight is 462 g/mol. The van der Waals surface area contributed by atoms with Gasteiger partial charge in [0.1, 0.15) is 11.5 Å². The largest absolute Gasteiger partial charge is 0.381 e. The van der Waals surface area contributed by atoms with Crippen LogP contribution in [0.4, 0.5) is 10.1 Å². The molecule has 2 aliphatic carbocycles. The lowest BCUT2D eigenvalue weighted by Crippen LogP contribution is -2.63. The van der Waals surface area contributed by atoms with Crippen molar-refractivity contribution in [1.82, 2.24) is 30.2 Å². The van der Waals surface area contributed by atoms with Crippen LogP contribution in [0.15, 0.2) is 36.8 Å². The molecule has 1 saturated heterocycles. The molecule has 3 fully saturated rings. The summed E-state index contributed by atoms with van der Waals surface area (Å²) in [5.74, 6) is -0.926. The number of likely N-dealkylation sites (tertiary alicyclic amines) is 1. The number of rotatable bonds is 6. The third kappa shape index (κ3) is 3.94. The van der Waals surface area contributed by atoms with Gasteiger partial charge in [-0.3, -0.25) is 9.78 Å².